The molecule has 1 aliphatic carbocycles. The van der Waals surface area contributed by atoms with E-state index >= 15 is 0 Å². The van der Waals surface area contributed by atoms with Crippen LogP contribution in [0.4, 0.5) is 17.6 Å². The van der Waals surface area contributed by atoms with Crippen LogP contribution in [0.2, 0.25) is 0 Å². The quantitative estimate of drug-likeness (QED) is 0.406. The van der Waals surface area contributed by atoms with Crippen LogP contribution in [0.1, 0.15) is 36.4 Å². The van der Waals surface area contributed by atoms with Gasteiger partial charge in [-0.05, 0) is 54.7 Å². The first-order valence-corrected chi connectivity index (χ1v) is 11.8. The molecular weight excluding hydrogens is 476 g/mol. The Balaban J connectivity index is 1.47. The predicted molar refractivity (Wildman–Crippen MR) is 125 cm³/mol. The van der Waals surface area contributed by atoms with Gasteiger partial charge in [-0.15, -0.1) is 10.2 Å². The van der Waals surface area contributed by atoms with Crippen LogP contribution in [0.3, 0.4) is 0 Å². The fourth-order valence-corrected chi connectivity index (χ4v) is 5.29. The second-order valence-corrected chi connectivity index (χ2v) is 9.86. The summed E-state index contributed by atoms with van der Waals surface area (Å²) < 4.78 is 58.3. The van der Waals surface area contributed by atoms with E-state index in [-0.39, 0.29) is 37.1 Å². The van der Waals surface area contributed by atoms with Gasteiger partial charge < -0.3 is 10.8 Å². The lowest BCUT2D eigenvalue weighted by Gasteiger charge is -2.30. The van der Waals surface area contributed by atoms with E-state index in [1.165, 1.54) is 39.8 Å². The lowest BCUT2D eigenvalue weighted by Crippen LogP contribution is -2.38. The zero-order valence-corrected chi connectivity index (χ0v) is 19.2. The van der Waals surface area contributed by atoms with Crippen LogP contribution in [-0.2, 0) is 5.41 Å². The molecule has 2 fully saturated rings. The van der Waals surface area contributed by atoms with Crippen molar-refractivity contribution >= 4 is 16.6 Å². The zero-order valence-electron chi connectivity index (χ0n) is 19.2. The Morgan fingerprint density at radius 2 is 1.94 bits per heavy atom. The molecule has 6 rings (SSSR count). The maximum atomic E-state index is 14.3. The molecule has 188 valence electrons. The second kappa shape index (κ2) is 8.19. The van der Waals surface area contributed by atoms with Gasteiger partial charge >= 0.3 is 6.18 Å². The van der Waals surface area contributed by atoms with E-state index < -0.39 is 23.5 Å². The average Bonchev–Trinajstić information content (AvgIpc) is 3.35. The van der Waals surface area contributed by atoms with Gasteiger partial charge in [-0.1, -0.05) is 12.1 Å². The summed E-state index contributed by atoms with van der Waals surface area (Å²) in [6.07, 6.45) is -1.13. The number of aliphatic hydroxyl groups excluding tert-OH is 1. The van der Waals surface area contributed by atoms with E-state index in [0.717, 1.165) is 12.8 Å². The highest BCUT2D eigenvalue weighted by Gasteiger charge is 2.47. The van der Waals surface area contributed by atoms with E-state index in [1.807, 2.05) is 0 Å². The number of nitrogens with two attached hydrogens (primary N) is 1. The average molecular weight is 501 g/mol. The SMILES string of the molecule is NC1CCN([C@H](c2ccc3nnc(-c4ccc5cc(F)cc(C6(CO)CC6)c5n4)n3c2)C(F)(F)F)C1. The highest BCUT2D eigenvalue weighted by atomic mass is 19.4. The number of nitrogens with zero attached hydrogens (tertiary/aromatic N) is 5. The van der Waals surface area contributed by atoms with Gasteiger partial charge in [-0.3, -0.25) is 9.30 Å². The van der Waals surface area contributed by atoms with Crippen LogP contribution in [0.5, 0.6) is 0 Å². The van der Waals surface area contributed by atoms with Crippen LogP contribution < -0.4 is 5.73 Å². The number of hydrogen-bond donors (Lipinski definition) is 2. The molecule has 0 amide bonds. The molecule has 3 N–H and O–H groups in total. The van der Waals surface area contributed by atoms with Crippen molar-refractivity contribution in [3.8, 4) is 11.5 Å². The maximum absolute atomic E-state index is 14.3. The maximum Gasteiger partial charge on any atom is 0.408 e. The molecule has 4 aromatic rings. The highest BCUT2D eigenvalue weighted by molar-refractivity contribution is 5.85. The zero-order chi connectivity index (χ0) is 25.2. The Bertz CT molecular complexity index is 1460. The first-order valence-electron chi connectivity index (χ1n) is 11.8. The minimum Gasteiger partial charge on any atom is -0.395 e. The third-order valence-corrected chi connectivity index (χ3v) is 7.39. The topological polar surface area (TPSA) is 92.6 Å². The molecule has 1 aliphatic heterocycles. The molecule has 2 aliphatic rings. The molecular formula is C25H24F4N6O. The first kappa shape index (κ1) is 23.3. The van der Waals surface area contributed by atoms with Crippen LogP contribution in [-0.4, -0.2) is 61.5 Å². The summed E-state index contributed by atoms with van der Waals surface area (Å²) in [5.74, 6) is -0.138. The van der Waals surface area contributed by atoms with Gasteiger partial charge in [0.15, 0.2) is 11.5 Å². The number of aliphatic hydroxyl groups is 1. The minimum absolute atomic E-state index is 0.0610. The Hall–Kier alpha value is -3.15. The van der Waals surface area contributed by atoms with E-state index in [2.05, 4.69) is 10.2 Å². The van der Waals surface area contributed by atoms with Gasteiger partial charge in [0.1, 0.15) is 17.6 Å². The largest absolute Gasteiger partial charge is 0.408 e. The van der Waals surface area contributed by atoms with Crippen LogP contribution in [0.15, 0.2) is 42.6 Å². The summed E-state index contributed by atoms with van der Waals surface area (Å²) in [7, 11) is 0. The normalized spacial score (nSPS) is 20.9. The highest BCUT2D eigenvalue weighted by Crippen LogP contribution is 2.50. The van der Waals surface area contributed by atoms with E-state index in [1.54, 1.807) is 12.1 Å². The summed E-state index contributed by atoms with van der Waals surface area (Å²) in [6, 6.07) is 6.95. The number of halogens is 4. The lowest BCUT2D eigenvalue weighted by atomic mass is 9.94. The molecule has 1 aromatic carbocycles. The van der Waals surface area contributed by atoms with Crippen molar-refractivity contribution in [2.75, 3.05) is 19.7 Å². The van der Waals surface area contributed by atoms with Crippen LogP contribution >= 0.6 is 0 Å². The molecule has 1 saturated heterocycles. The van der Waals surface area contributed by atoms with Gasteiger partial charge in [0.25, 0.3) is 0 Å². The second-order valence-electron chi connectivity index (χ2n) is 9.86. The molecule has 0 spiro atoms. The standard InChI is InChI=1S/C25H24F4N6O/c26-16-9-14-1-3-19(31-21(14)18(10-16)24(13-36)6-7-24)23-33-32-20-4-2-15(11-35(20)23)22(25(27,28)29)34-8-5-17(30)12-34/h1-4,9-11,17,22,36H,5-8,12-13,30H2/t17?,22-/m1/s1. The third kappa shape index (κ3) is 3.82. The Morgan fingerprint density at radius 1 is 1.14 bits per heavy atom. The molecule has 7 nitrogen and oxygen atoms in total. The molecule has 3 aromatic heterocycles. The summed E-state index contributed by atoms with van der Waals surface area (Å²) in [5.41, 5.74) is 7.35. The van der Waals surface area contributed by atoms with Gasteiger partial charge in [-0.25, -0.2) is 9.37 Å². The van der Waals surface area contributed by atoms with Crippen molar-refractivity contribution in [2.45, 2.75) is 42.9 Å². The smallest absolute Gasteiger partial charge is 0.395 e. The minimum atomic E-state index is -4.49. The van der Waals surface area contributed by atoms with Crippen LogP contribution in [0, 0.1) is 5.82 Å². The van der Waals surface area contributed by atoms with Crippen molar-refractivity contribution < 1.29 is 22.7 Å². The summed E-state index contributed by atoms with van der Waals surface area (Å²) >= 11 is 0. The van der Waals surface area contributed by atoms with Gasteiger partial charge in [0.2, 0.25) is 0 Å². The number of rotatable bonds is 5. The predicted octanol–water partition coefficient (Wildman–Crippen LogP) is 3.74. The molecule has 1 saturated carbocycles. The van der Waals surface area contributed by atoms with Crippen molar-refractivity contribution in [3.05, 3.63) is 59.5 Å². The summed E-state index contributed by atoms with van der Waals surface area (Å²) in [6.45, 7) is 0.305. The Labute approximate surface area is 203 Å². The molecule has 2 atom stereocenters. The van der Waals surface area contributed by atoms with Crippen molar-refractivity contribution in [1.29, 1.82) is 0 Å². The fraction of sp³-hybridized carbons (Fsp3) is 0.400. The summed E-state index contributed by atoms with van der Waals surface area (Å²) in [4.78, 5) is 6.08. The van der Waals surface area contributed by atoms with Gasteiger partial charge in [-0.2, -0.15) is 13.2 Å². The first-order chi connectivity index (χ1) is 17.2. The number of benzene rings is 1. The van der Waals surface area contributed by atoms with Crippen LogP contribution in [0.25, 0.3) is 28.1 Å². The number of pyridine rings is 2. The van der Waals surface area contributed by atoms with Gasteiger partial charge in [0.05, 0.1) is 12.1 Å². The molecule has 36 heavy (non-hydrogen) atoms. The Morgan fingerprint density at radius 3 is 2.61 bits per heavy atom. The monoisotopic (exact) mass is 500 g/mol. The van der Waals surface area contributed by atoms with E-state index in [0.29, 0.717) is 34.2 Å². The van der Waals surface area contributed by atoms with E-state index in [9.17, 15) is 22.7 Å². The fourth-order valence-electron chi connectivity index (χ4n) is 5.29. The third-order valence-electron chi connectivity index (χ3n) is 7.39. The number of aromatic nitrogens is 4. The molecule has 0 radical (unpaired) electrons. The Kier molecular flexibility index (Phi) is 5.29. The van der Waals surface area contributed by atoms with Crippen molar-refractivity contribution in [3.63, 3.8) is 0 Å². The van der Waals surface area contributed by atoms with Crippen molar-refractivity contribution in [2.24, 2.45) is 5.73 Å². The lowest BCUT2D eigenvalue weighted by molar-refractivity contribution is -0.183. The van der Waals surface area contributed by atoms with E-state index in [4.69, 9.17) is 10.7 Å². The number of hydrogen-bond acceptors (Lipinski definition) is 6. The molecule has 1 unspecified atom stereocenters. The number of fused-ring (bicyclic) bond motifs is 2. The summed E-state index contributed by atoms with van der Waals surface area (Å²) in [5, 5.41) is 18.8. The number of likely N-dealkylation sites (tertiary alicyclic amines) is 1. The van der Waals surface area contributed by atoms with Crippen molar-refractivity contribution in [1.82, 2.24) is 24.5 Å². The molecule has 11 heteroatoms. The van der Waals surface area contributed by atoms with Gasteiger partial charge in [0, 0.05) is 36.1 Å². The molecule has 4 heterocycles. The number of alkyl halides is 3. The molecule has 0 bridgehead atoms.